The molecule has 1 rings (SSSR count). The maximum atomic E-state index is 12.1. The molecule has 0 aliphatic carbocycles. The summed E-state index contributed by atoms with van der Waals surface area (Å²) >= 11 is 0. The number of nitro groups is 1. The molecule has 0 saturated carbocycles. The summed E-state index contributed by atoms with van der Waals surface area (Å²) in [5, 5.41) is 20.0. The van der Waals surface area contributed by atoms with Crippen LogP contribution in [0.25, 0.3) is 0 Å². The standard InChI is InChI=1S/C11H16N2O6S/c1-3-8(7-19-2)12-20(17,18)9-4-5-11(14)10(6-9)13(15)16/h4-6,8,12,14H,3,7H2,1-2H3. The Hall–Kier alpha value is -1.71. The number of phenols is 1. The number of benzene rings is 1. The average molecular weight is 304 g/mol. The van der Waals surface area contributed by atoms with E-state index in [0.29, 0.717) is 6.42 Å². The summed E-state index contributed by atoms with van der Waals surface area (Å²) in [7, 11) is -2.47. The third-order valence-electron chi connectivity index (χ3n) is 2.64. The van der Waals surface area contributed by atoms with Crippen molar-refractivity contribution in [1.29, 1.82) is 0 Å². The summed E-state index contributed by atoms with van der Waals surface area (Å²) < 4.78 is 31.5. The van der Waals surface area contributed by atoms with Crippen LogP contribution in [0.5, 0.6) is 5.75 Å². The number of sulfonamides is 1. The molecule has 112 valence electrons. The van der Waals surface area contributed by atoms with Gasteiger partial charge in [0, 0.05) is 19.2 Å². The number of nitro benzene ring substituents is 1. The Balaban J connectivity index is 3.09. The normalized spacial score (nSPS) is 13.1. The van der Waals surface area contributed by atoms with Crippen LogP contribution >= 0.6 is 0 Å². The zero-order chi connectivity index (χ0) is 15.3. The highest BCUT2D eigenvalue weighted by atomic mass is 32.2. The number of ether oxygens (including phenoxy) is 1. The van der Waals surface area contributed by atoms with Crippen LogP contribution in [-0.2, 0) is 14.8 Å². The summed E-state index contributed by atoms with van der Waals surface area (Å²) in [6.45, 7) is 1.97. The fourth-order valence-corrected chi connectivity index (χ4v) is 2.86. The number of hydrogen-bond acceptors (Lipinski definition) is 6. The zero-order valence-corrected chi connectivity index (χ0v) is 11.9. The van der Waals surface area contributed by atoms with E-state index in [1.165, 1.54) is 7.11 Å². The highest BCUT2D eigenvalue weighted by Gasteiger charge is 2.23. The van der Waals surface area contributed by atoms with E-state index in [1.807, 2.05) is 0 Å². The maximum Gasteiger partial charge on any atom is 0.312 e. The van der Waals surface area contributed by atoms with Crippen LogP contribution in [-0.4, -0.2) is 38.2 Å². The molecule has 0 aliphatic heterocycles. The van der Waals surface area contributed by atoms with Crippen LogP contribution in [0, 0.1) is 10.1 Å². The first-order valence-electron chi connectivity index (χ1n) is 5.80. The van der Waals surface area contributed by atoms with Crippen molar-refractivity contribution in [2.45, 2.75) is 24.3 Å². The Bertz CT molecular complexity index is 587. The van der Waals surface area contributed by atoms with E-state index in [9.17, 15) is 23.6 Å². The molecule has 0 radical (unpaired) electrons. The molecule has 0 bridgehead atoms. The van der Waals surface area contributed by atoms with Gasteiger partial charge in [-0.05, 0) is 18.6 Å². The van der Waals surface area contributed by atoms with Crippen molar-refractivity contribution in [1.82, 2.24) is 4.72 Å². The van der Waals surface area contributed by atoms with Gasteiger partial charge in [-0.3, -0.25) is 10.1 Å². The summed E-state index contributed by atoms with van der Waals surface area (Å²) in [4.78, 5) is 9.56. The maximum absolute atomic E-state index is 12.1. The minimum atomic E-state index is -3.91. The quantitative estimate of drug-likeness (QED) is 0.573. The highest BCUT2D eigenvalue weighted by Crippen LogP contribution is 2.28. The molecular weight excluding hydrogens is 288 g/mol. The Morgan fingerprint density at radius 3 is 2.65 bits per heavy atom. The molecule has 0 saturated heterocycles. The molecule has 1 atom stereocenters. The Labute approximate surface area is 116 Å². The van der Waals surface area contributed by atoms with Crippen LogP contribution in [0.1, 0.15) is 13.3 Å². The van der Waals surface area contributed by atoms with E-state index >= 15 is 0 Å². The number of nitrogens with one attached hydrogen (secondary N) is 1. The van der Waals surface area contributed by atoms with Crippen LogP contribution < -0.4 is 4.72 Å². The van der Waals surface area contributed by atoms with Crippen molar-refractivity contribution in [2.75, 3.05) is 13.7 Å². The monoisotopic (exact) mass is 304 g/mol. The van der Waals surface area contributed by atoms with Crippen LogP contribution in [0.15, 0.2) is 23.1 Å². The number of aromatic hydroxyl groups is 1. The molecule has 0 amide bonds. The molecule has 0 aromatic heterocycles. The van der Waals surface area contributed by atoms with Gasteiger partial charge in [-0.2, -0.15) is 0 Å². The average Bonchev–Trinajstić information content (AvgIpc) is 2.37. The van der Waals surface area contributed by atoms with Crippen LogP contribution in [0.4, 0.5) is 5.69 Å². The molecule has 0 fully saturated rings. The largest absolute Gasteiger partial charge is 0.502 e. The summed E-state index contributed by atoms with van der Waals surface area (Å²) in [5.41, 5.74) is -0.660. The second-order valence-electron chi connectivity index (χ2n) is 4.09. The van der Waals surface area contributed by atoms with Gasteiger partial charge >= 0.3 is 5.69 Å². The zero-order valence-electron chi connectivity index (χ0n) is 11.1. The Morgan fingerprint density at radius 2 is 2.15 bits per heavy atom. The lowest BCUT2D eigenvalue weighted by Crippen LogP contribution is -2.37. The highest BCUT2D eigenvalue weighted by molar-refractivity contribution is 7.89. The molecule has 1 aromatic rings. The van der Waals surface area contributed by atoms with Gasteiger partial charge in [-0.15, -0.1) is 0 Å². The summed E-state index contributed by atoms with van der Waals surface area (Å²) in [5.74, 6) is -0.585. The lowest BCUT2D eigenvalue weighted by Gasteiger charge is -2.16. The van der Waals surface area contributed by atoms with E-state index in [-0.39, 0.29) is 11.5 Å². The summed E-state index contributed by atoms with van der Waals surface area (Å²) in [6.07, 6.45) is 0.507. The molecule has 1 aromatic carbocycles. The smallest absolute Gasteiger partial charge is 0.312 e. The predicted octanol–water partition coefficient (Wildman–Crippen LogP) is 1.00. The molecule has 0 aliphatic rings. The molecule has 2 N–H and O–H groups in total. The molecule has 20 heavy (non-hydrogen) atoms. The Morgan fingerprint density at radius 1 is 1.50 bits per heavy atom. The molecule has 1 unspecified atom stereocenters. The van der Waals surface area contributed by atoms with Crippen molar-refractivity contribution in [2.24, 2.45) is 0 Å². The Kier molecular flexibility index (Phi) is 5.43. The van der Waals surface area contributed by atoms with E-state index < -0.39 is 32.4 Å². The van der Waals surface area contributed by atoms with Crippen molar-refractivity contribution in [3.8, 4) is 5.75 Å². The van der Waals surface area contributed by atoms with Gasteiger partial charge in [0.05, 0.1) is 16.4 Å². The van der Waals surface area contributed by atoms with Gasteiger partial charge < -0.3 is 9.84 Å². The third-order valence-corrected chi connectivity index (χ3v) is 4.15. The minimum Gasteiger partial charge on any atom is -0.502 e. The van der Waals surface area contributed by atoms with Gasteiger partial charge in [0.1, 0.15) is 0 Å². The first-order valence-corrected chi connectivity index (χ1v) is 7.28. The van der Waals surface area contributed by atoms with Crippen molar-refractivity contribution in [3.05, 3.63) is 28.3 Å². The molecule has 0 heterocycles. The summed E-state index contributed by atoms with van der Waals surface area (Å²) in [6, 6.07) is 2.46. The van der Waals surface area contributed by atoms with Gasteiger partial charge in [-0.25, -0.2) is 13.1 Å². The number of phenolic OH excluding ortho intramolecular Hbond substituents is 1. The van der Waals surface area contributed by atoms with E-state index in [4.69, 9.17) is 4.74 Å². The van der Waals surface area contributed by atoms with E-state index in [0.717, 1.165) is 18.2 Å². The van der Waals surface area contributed by atoms with Gasteiger partial charge in [0.15, 0.2) is 5.75 Å². The number of rotatable bonds is 7. The van der Waals surface area contributed by atoms with Gasteiger partial charge in [0.25, 0.3) is 0 Å². The number of methoxy groups -OCH3 is 1. The van der Waals surface area contributed by atoms with Gasteiger partial charge in [-0.1, -0.05) is 6.92 Å². The van der Waals surface area contributed by atoms with E-state index in [2.05, 4.69) is 4.72 Å². The van der Waals surface area contributed by atoms with Crippen molar-refractivity contribution >= 4 is 15.7 Å². The fraction of sp³-hybridized carbons (Fsp3) is 0.455. The number of hydrogen-bond donors (Lipinski definition) is 2. The van der Waals surface area contributed by atoms with Crippen LogP contribution in [0.3, 0.4) is 0 Å². The van der Waals surface area contributed by atoms with Crippen LogP contribution in [0.2, 0.25) is 0 Å². The van der Waals surface area contributed by atoms with Crippen molar-refractivity contribution in [3.63, 3.8) is 0 Å². The first-order chi connectivity index (χ1) is 9.31. The fourth-order valence-electron chi connectivity index (χ4n) is 1.54. The SMILES string of the molecule is CCC(COC)NS(=O)(=O)c1ccc(O)c([N+](=O)[O-])c1. The number of nitrogens with zero attached hydrogens (tertiary/aromatic N) is 1. The lowest BCUT2D eigenvalue weighted by molar-refractivity contribution is -0.386. The lowest BCUT2D eigenvalue weighted by atomic mass is 10.3. The van der Waals surface area contributed by atoms with E-state index in [1.54, 1.807) is 6.92 Å². The van der Waals surface area contributed by atoms with Gasteiger partial charge in [0.2, 0.25) is 10.0 Å². The minimum absolute atomic E-state index is 0.190. The molecule has 9 heteroatoms. The molecule has 8 nitrogen and oxygen atoms in total. The predicted molar refractivity (Wildman–Crippen MR) is 71.0 cm³/mol. The third kappa shape index (κ3) is 3.89. The second kappa shape index (κ2) is 6.64. The topological polar surface area (TPSA) is 119 Å². The second-order valence-corrected chi connectivity index (χ2v) is 5.80. The molecule has 0 spiro atoms. The van der Waals surface area contributed by atoms with Crippen molar-refractivity contribution < 1.29 is 23.2 Å². The first kappa shape index (κ1) is 16.3. The molecular formula is C11H16N2O6S.